The number of halogens is 2. The third kappa shape index (κ3) is 4.13. The molecule has 1 aromatic carbocycles. The van der Waals surface area contributed by atoms with Gasteiger partial charge in [0.05, 0.1) is 29.3 Å². The van der Waals surface area contributed by atoms with E-state index < -0.39 is 5.91 Å². The van der Waals surface area contributed by atoms with Gasteiger partial charge in [-0.25, -0.2) is 10.1 Å². The molecule has 0 radical (unpaired) electrons. The fraction of sp³-hybridized carbons (Fsp3) is 0.294. The van der Waals surface area contributed by atoms with Crippen LogP contribution >= 0.6 is 23.2 Å². The van der Waals surface area contributed by atoms with Crippen molar-refractivity contribution >= 4 is 41.1 Å². The second-order valence-electron chi connectivity index (χ2n) is 6.75. The molecule has 1 amide bonds. The van der Waals surface area contributed by atoms with E-state index in [0.717, 1.165) is 25.9 Å². The van der Waals surface area contributed by atoms with E-state index in [1.165, 1.54) is 15.8 Å². The van der Waals surface area contributed by atoms with E-state index in [1.54, 1.807) is 18.2 Å². The highest BCUT2D eigenvalue weighted by atomic mass is 35.5. The first-order chi connectivity index (χ1) is 14.5. The predicted molar refractivity (Wildman–Crippen MR) is 109 cm³/mol. The second-order valence-corrected chi connectivity index (χ2v) is 7.53. The number of hydrogen-bond donors (Lipinski definition) is 3. The first-order valence-electron chi connectivity index (χ1n) is 9.18. The maximum absolute atomic E-state index is 12.7. The summed E-state index contributed by atoms with van der Waals surface area (Å²) in [5, 5.41) is 20.1. The minimum atomic E-state index is -0.528. The molecular weight excluding hydrogens is 433 g/mol. The zero-order chi connectivity index (χ0) is 21.1. The molecule has 0 unspecified atom stereocenters. The van der Waals surface area contributed by atoms with E-state index in [9.17, 15) is 4.79 Å². The Morgan fingerprint density at radius 3 is 2.87 bits per heavy atom. The van der Waals surface area contributed by atoms with Crippen LogP contribution in [0.3, 0.4) is 0 Å². The maximum Gasteiger partial charge on any atom is 0.294 e. The quantitative estimate of drug-likeness (QED) is 0.366. The standard InChI is InChI=1S/C17H17Cl2N9O2/c18-11-5-3-4-10(13(11)19)8-21-23-17(29)14-12(9-27-6-1-2-7-27)28(26-22-14)16-15(20)24-30-25-16/h3-5,8H,1-2,6-7,9H2,(H2,20,24)(H,23,29)/p+1. The molecule has 4 rings (SSSR count). The summed E-state index contributed by atoms with van der Waals surface area (Å²) in [5.41, 5.74) is 9.47. The molecule has 13 heteroatoms. The lowest BCUT2D eigenvalue weighted by molar-refractivity contribution is -0.901. The molecule has 1 aliphatic rings. The number of amides is 1. The molecule has 0 saturated carbocycles. The lowest BCUT2D eigenvalue weighted by Gasteiger charge is -2.12. The zero-order valence-corrected chi connectivity index (χ0v) is 17.2. The number of nitrogens with zero attached hydrogens (tertiary/aromatic N) is 6. The van der Waals surface area contributed by atoms with Gasteiger partial charge < -0.3 is 10.6 Å². The van der Waals surface area contributed by atoms with Crippen LogP contribution in [0.1, 0.15) is 34.6 Å². The van der Waals surface area contributed by atoms with Crippen LogP contribution < -0.4 is 16.1 Å². The number of quaternary nitrogens is 1. The van der Waals surface area contributed by atoms with Gasteiger partial charge in [-0.3, -0.25) is 4.79 Å². The topological polar surface area (TPSA) is 142 Å². The highest BCUT2D eigenvalue weighted by molar-refractivity contribution is 6.43. The van der Waals surface area contributed by atoms with Gasteiger partial charge in [-0.15, -0.1) is 5.10 Å². The van der Waals surface area contributed by atoms with E-state index in [2.05, 4.69) is 35.8 Å². The summed E-state index contributed by atoms with van der Waals surface area (Å²) in [5.74, 6) is -0.290. The third-order valence-electron chi connectivity index (χ3n) is 4.75. The molecule has 4 N–H and O–H groups in total. The number of benzene rings is 1. The van der Waals surface area contributed by atoms with Crippen LogP contribution in [0.2, 0.25) is 10.0 Å². The van der Waals surface area contributed by atoms with Crippen LogP contribution in [-0.2, 0) is 6.54 Å². The Bertz CT molecular complexity index is 1090. The molecule has 30 heavy (non-hydrogen) atoms. The van der Waals surface area contributed by atoms with Crippen molar-refractivity contribution in [3.05, 3.63) is 45.2 Å². The van der Waals surface area contributed by atoms with Gasteiger partial charge in [-0.05, 0) is 16.4 Å². The molecule has 1 aliphatic heterocycles. The Balaban J connectivity index is 1.58. The lowest BCUT2D eigenvalue weighted by Crippen LogP contribution is -3.08. The number of hydrazone groups is 1. The molecule has 3 heterocycles. The summed E-state index contributed by atoms with van der Waals surface area (Å²) < 4.78 is 6.04. The van der Waals surface area contributed by atoms with Crippen LogP contribution in [0.25, 0.3) is 5.82 Å². The normalized spacial score (nSPS) is 14.6. The molecule has 11 nitrogen and oxygen atoms in total. The van der Waals surface area contributed by atoms with E-state index in [1.807, 2.05) is 0 Å². The molecule has 1 fully saturated rings. The monoisotopic (exact) mass is 450 g/mol. The smallest absolute Gasteiger partial charge is 0.294 e. The van der Waals surface area contributed by atoms with Crippen LogP contribution in [0.4, 0.5) is 5.82 Å². The third-order valence-corrected chi connectivity index (χ3v) is 5.59. The molecule has 0 spiro atoms. The summed E-state index contributed by atoms with van der Waals surface area (Å²) in [6.45, 7) is 2.50. The van der Waals surface area contributed by atoms with Gasteiger partial charge in [0.1, 0.15) is 12.2 Å². The number of hydrogen-bond acceptors (Lipinski definition) is 8. The van der Waals surface area contributed by atoms with Crippen molar-refractivity contribution < 1.29 is 14.3 Å². The predicted octanol–water partition coefficient (Wildman–Crippen LogP) is 0.482. The summed E-state index contributed by atoms with van der Waals surface area (Å²) >= 11 is 12.1. The number of likely N-dealkylation sites (tertiary alicyclic amines) is 1. The van der Waals surface area contributed by atoms with E-state index in [4.69, 9.17) is 28.9 Å². The van der Waals surface area contributed by atoms with E-state index in [-0.39, 0.29) is 17.3 Å². The van der Waals surface area contributed by atoms with Gasteiger partial charge in [-0.1, -0.05) is 40.5 Å². The van der Waals surface area contributed by atoms with Crippen molar-refractivity contribution in [1.29, 1.82) is 0 Å². The molecule has 3 aromatic rings. The van der Waals surface area contributed by atoms with Crippen LogP contribution in [0, 0.1) is 0 Å². The fourth-order valence-corrected chi connectivity index (χ4v) is 3.62. The Kier molecular flexibility index (Phi) is 5.93. The number of nitrogen functional groups attached to an aromatic ring is 1. The molecular formula is C17H18Cl2N9O2+. The number of carbonyl (C=O) groups excluding carboxylic acids is 1. The van der Waals surface area contributed by atoms with E-state index >= 15 is 0 Å². The van der Waals surface area contributed by atoms with Gasteiger partial charge in [0.15, 0.2) is 5.69 Å². The lowest BCUT2D eigenvalue weighted by atomic mass is 10.2. The zero-order valence-electron chi connectivity index (χ0n) is 15.7. The average Bonchev–Trinajstić information content (AvgIpc) is 3.47. The second kappa shape index (κ2) is 8.78. The number of nitrogens with two attached hydrogens (primary N) is 1. The molecule has 156 valence electrons. The number of aromatic nitrogens is 5. The highest BCUT2D eigenvalue weighted by Crippen LogP contribution is 2.24. The van der Waals surface area contributed by atoms with Crippen molar-refractivity contribution in [2.75, 3.05) is 18.8 Å². The molecule has 0 bridgehead atoms. The number of nitrogens with one attached hydrogen (secondary N) is 2. The Hall–Kier alpha value is -3.02. The first-order valence-corrected chi connectivity index (χ1v) is 9.94. The first kappa shape index (κ1) is 20.3. The van der Waals surface area contributed by atoms with E-state index in [0.29, 0.717) is 27.8 Å². The number of rotatable bonds is 6. The number of carbonyl (C=O) groups is 1. The Morgan fingerprint density at radius 2 is 2.13 bits per heavy atom. The van der Waals surface area contributed by atoms with Crippen molar-refractivity contribution in [2.45, 2.75) is 19.4 Å². The molecule has 0 atom stereocenters. The van der Waals surface area contributed by atoms with Crippen LogP contribution in [-0.4, -0.2) is 50.5 Å². The van der Waals surface area contributed by atoms with Gasteiger partial charge in [0.25, 0.3) is 5.91 Å². The van der Waals surface area contributed by atoms with Crippen molar-refractivity contribution in [3.63, 3.8) is 0 Å². The van der Waals surface area contributed by atoms with Crippen molar-refractivity contribution in [1.82, 2.24) is 30.7 Å². The minimum absolute atomic E-state index is 0.0538. The Labute approximate surface area is 180 Å². The van der Waals surface area contributed by atoms with Gasteiger partial charge >= 0.3 is 0 Å². The van der Waals surface area contributed by atoms with Gasteiger partial charge in [-0.2, -0.15) is 9.78 Å². The summed E-state index contributed by atoms with van der Waals surface area (Å²) in [6, 6.07) is 5.12. The van der Waals surface area contributed by atoms with Crippen molar-refractivity contribution in [3.8, 4) is 5.82 Å². The molecule has 2 aromatic heterocycles. The largest absolute Gasteiger partial charge is 0.378 e. The summed E-state index contributed by atoms with van der Waals surface area (Å²) in [7, 11) is 0. The minimum Gasteiger partial charge on any atom is -0.378 e. The SMILES string of the molecule is Nc1nonc1-n1nnc(C(=O)NN=Cc2cccc(Cl)c2Cl)c1C[NH+]1CCCC1. The van der Waals surface area contributed by atoms with Crippen molar-refractivity contribution in [2.24, 2.45) is 5.10 Å². The fourth-order valence-electron chi connectivity index (χ4n) is 3.27. The molecule has 1 saturated heterocycles. The van der Waals surface area contributed by atoms with Crippen LogP contribution in [0.15, 0.2) is 27.9 Å². The summed E-state index contributed by atoms with van der Waals surface area (Å²) in [6.07, 6.45) is 3.65. The van der Waals surface area contributed by atoms with Crippen LogP contribution in [0.5, 0.6) is 0 Å². The number of anilines is 1. The van der Waals surface area contributed by atoms with Gasteiger partial charge in [0.2, 0.25) is 11.6 Å². The average molecular weight is 451 g/mol. The maximum atomic E-state index is 12.7. The van der Waals surface area contributed by atoms with Gasteiger partial charge in [0, 0.05) is 18.4 Å². The molecule has 0 aliphatic carbocycles. The summed E-state index contributed by atoms with van der Waals surface area (Å²) in [4.78, 5) is 14.1. The highest BCUT2D eigenvalue weighted by Gasteiger charge is 2.28. The Morgan fingerprint density at radius 1 is 1.33 bits per heavy atom.